The summed E-state index contributed by atoms with van der Waals surface area (Å²) in [4.78, 5) is 12.4. The van der Waals surface area contributed by atoms with Crippen LogP contribution >= 0.6 is 0 Å². The predicted molar refractivity (Wildman–Crippen MR) is 86.5 cm³/mol. The van der Waals surface area contributed by atoms with Gasteiger partial charge in [-0.3, -0.25) is 4.79 Å². The summed E-state index contributed by atoms with van der Waals surface area (Å²) in [7, 11) is 3.12. The lowest BCUT2D eigenvalue weighted by molar-refractivity contribution is 0.0935. The number of ether oxygens (including phenoxy) is 2. The molecule has 4 nitrogen and oxygen atoms in total. The molecular formula is C18H21NO3. The maximum atomic E-state index is 12.4. The molecule has 0 spiro atoms. The highest BCUT2D eigenvalue weighted by Gasteiger charge is 2.15. The second kappa shape index (κ2) is 7.50. The van der Waals surface area contributed by atoms with Crippen LogP contribution in [0.4, 0.5) is 0 Å². The van der Waals surface area contributed by atoms with E-state index in [1.807, 2.05) is 37.3 Å². The monoisotopic (exact) mass is 299 g/mol. The van der Waals surface area contributed by atoms with Gasteiger partial charge in [0.05, 0.1) is 20.3 Å². The topological polar surface area (TPSA) is 47.6 Å². The number of amides is 1. The van der Waals surface area contributed by atoms with E-state index < -0.39 is 0 Å². The molecule has 0 saturated heterocycles. The molecule has 0 heterocycles. The van der Waals surface area contributed by atoms with Crippen LogP contribution in [0.3, 0.4) is 0 Å². The van der Waals surface area contributed by atoms with Crippen molar-refractivity contribution in [3.05, 3.63) is 59.7 Å². The second-order valence-electron chi connectivity index (χ2n) is 4.91. The van der Waals surface area contributed by atoms with Gasteiger partial charge in [-0.2, -0.15) is 0 Å². The van der Waals surface area contributed by atoms with Gasteiger partial charge in [0, 0.05) is 5.56 Å². The van der Waals surface area contributed by atoms with Crippen LogP contribution in [0.2, 0.25) is 0 Å². The van der Waals surface area contributed by atoms with Crippen molar-refractivity contribution < 1.29 is 14.3 Å². The summed E-state index contributed by atoms with van der Waals surface area (Å²) in [6, 6.07) is 15.1. The van der Waals surface area contributed by atoms with E-state index in [2.05, 4.69) is 5.32 Å². The van der Waals surface area contributed by atoms with Crippen LogP contribution in [0.1, 0.15) is 35.3 Å². The van der Waals surface area contributed by atoms with Gasteiger partial charge in [0.15, 0.2) is 11.5 Å². The maximum absolute atomic E-state index is 12.4. The Balaban J connectivity index is 2.17. The molecular weight excluding hydrogens is 278 g/mol. The van der Waals surface area contributed by atoms with Gasteiger partial charge in [0.25, 0.3) is 5.91 Å². The summed E-state index contributed by atoms with van der Waals surface area (Å²) in [5.74, 6) is 1.02. The molecule has 1 N–H and O–H groups in total. The largest absolute Gasteiger partial charge is 0.493 e. The Kier molecular flexibility index (Phi) is 5.42. The molecule has 0 unspecified atom stereocenters. The van der Waals surface area contributed by atoms with Crippen LogP contribution in [0, 0.1) is 0 Å². The molecule has 0 fully saturated rings. The Morgan fingerprint density at radius 3 is 2.32 bits per heavy atom. The van der Waals surface area contributed by atoms with E-state index in [-0.39, 0.29) is 11.9 Å². The first kappa shape index (κ1) is 15.9. The Morgan fingerprint density at radius 2 is 1.73 bits per heavy atom. The van der Waals surface area contributed by atoms with E-state index in [0.717, 1.165) is 12.0 Å². The van der Waals surface area contributed by atoms with Crippen molar-refractivity contribution in [2.45, 2.75) is 19.4 Å². The normalized spacial score (nSPS) is 11.6. The fourth-order valence-corrected chi connectivity index (χ4v) is 2.33. The number of hydrogen-bond acceptors (Lipinski definition) is 3. The fraction of sp³-hybridized carbons (Fsp3) is 0.278. The minimum atomic E-state index is -0.128. The molecule has 0 aliphatic rings. The number of rotatable bonds is 6. The molecule has 0 radical (unpaired) electrons. The SMILES string of the molecule is CC[C@@H](NC(=O)c1ccc(OC)c(OC)c1)c1ccccc1. The third kappa shape index (κ3) is 3.58. The minimum absolute atomic E-state index is 0.0122. The van der Waals surface area contributed by atoms with Crippen molar-refractivity contribution in [3.63, 3.8) is 0 Å². The summed E-state index contributed by atoms with van der Waals surface area (Å²) < 4.78 is 10.4. The molecule has 0 saturated carbocycles. The van der Waals surface area contributed by atoms with Crippen LogP contribution in [-0.4, -0.2) is 20.1 Å². The van der Waals surface area contributed by atoms with Crippen molar-refractivity contribution in [2.24, 2.45) is 0 Å². The average Bonchev–Trinajstić information content (AvgIpc) is 2.59. The van der Waals surface area contributed by atoms with Crippen molar-refractivity contribution in [2.75, 3.05) is 14.2 Å². The number of nitrogens with one attached hydrogen (secondary N) is 1. The molecule has 2 rings (SSSR count). The van der Waals surface area contributed by atoms with Gasteiger partial charge in [0.1, 0.15) is 0 Å². The van der Waals surface area contributed by atoms with E-state index in [1.165, 1.54) is 0 Å². The molecule has 0 aromatic heterocycles. The molecule has 4 heteroatoms. The summed E-state index contributed by atoms with van der Waals surface area (Å²) in [5.41, 5.74) is 1.64. The van der Waals surface area contributed by atoms with E-state index in [9.17, 15) is 4.79 Å². The Bertz CT molecular complexity index is 625. The van der Waals surface area contributed by atoms with Gasteiger partial charge in [-0.25, -0.2) is 0 Å². The Morgan fingerprint density at radius 1 is 1.05 bits per heavy atom. The molecule has 2 aromatic rings. The average molecular weight is 299 g/mol. The third-order valence-electron chi connectivity index (χ3n) is 3.56. The number of carbonyl (C=O) groups excluding carboxylic acids is 1. The van der Waals surface area contributed by atoms with Crippen LogP contribution in [0.15, 0.2) is 48.5 Å². The highest BCUT2D eigenvalue weighted by atomic mass is 16.5. The summed E-state index contributed by atoms with van der Waals surface area (Å²) in [5, 5.41) is 3.05. The van der Waals surface area contributed by atoms with Crippen LogP contribution < -0.4 is 14.8 Å². The first-order chi connectivity index (χ1) is 10.7. The van der Waals surface area contributed by atoms with Gasteiger partial charge >= 0.3 is 0 Å². The zero-order valence-electron chi connectivity index (χ0n) is 13.1. The van der Waals surface area contributed by atoms with Crippen molar-refractivity contribution in [1.82, 2.24) is 5.32 Å². The van der Waals surface area contributed by atoms with Crippen LogP contribution in [0.25, 0.3) is 0 Å². The molecule has 1 amide bonds. The fourth-order valence-electron chi connectivity index (χ4n) is 2.33. The number of carbonyl (C=O) groups is 1. The summed E-state index contributed by atoms with van der Waals surface area (Å²) >= 11 is 0. The van der Waals surface area contributed by atoms with Crippen LogP contribution in [-0.2, 0) is 0 Å². The van der Waals surface area contributed by atoms with Crippen molar-refractivity contribution in [1.29, 1.82) is 0 Å². The van der Waals surface area contributed by atoms with Crippen molar-refractivity contribution >= 4 is 5.91 Å². The first-order valence-electron chi connectivity index (χ1n) is 7.27. The highest BCUT2D eigenvalue weighted by molar-refractivity contribution is 5.95. The van der Waals surface area contributed by atoms with Gasteiger partial charge in [-0.15, -0.1) is 0 Å². The van der Waals surface area contributed by atoms with Gasteiger partial charge in [-0.05, 0) is 30.2 Å². The Hall–Kier alpha value is -2.49. The van der Waals surface area contributed by atoms with Crippen LogP contribution in [0.5, 0.6) is 11.5 Å². The third-order valence-corrected chi connectivity index (χ3v) is 3.56. The van der Waals surface area contributed by atoms with E-state index in [1.54, 1.807) is 32.4 Å². The van der Waals surface area contributed by atoms with E-state index >= 15 is 0 Å². The quantitative estimate of drug-likeness (QED) is 0.887. The number of methoxy groups -OCH3 is 2. The number of hydrogen-bond donors (Lipinski definition) is 1. The molecule has 0 bridgehead atoms. The maximum Gasteiger partial charge on any atom is 0.251 e. The molecule has 0 aliphatic carbocycles. The zero-order chi connectivity index (χ0) is 15.9. The molecule has 116 valence electrons. The summed E-state index contributed by atoms with van der Waals surface area (Å²) in [6.07, 6.45) is 0.822. The molecule has 0 aliphatic heterocycles. The van der Waals surface area contributed by atoms with Gasteiger partial charge in [0.2, 0.25) is 0 Å². The molecule has 22 heavy (non-hydrogen) atoms. The summed E-state index contributed by atoms with van der Waals surface area (Å²) in [6.45, 7) is 2.05. The lowest BCUT2D eigenvalue weighted by Gasteiger charge is -2.18. The second-order valence-corrected chi connectivity index (χ2v) is 4.91. The van der Waals surface area contributed by atoms with Gasteiger partial charge < -0.3 is 14.8 Å². The Labute approximate surface area is 131 Å². The van der Waals surface area contributed by atoms with E-state index in [0.29, 0.717) is 17.1 Å². The van der Waals surface area contributed by atoms with E-state index in [4.69, 9.17) is 9.47 Å². The predicted octanol–water partition coefficient (Wildman–Crippen LogP) is 3.58. The first-order valence-corrected chi connectivity index (χ1v) is 7.27. The lowest BCUT2D eigenvalue weighted by Crippen LogP contribution is -2.28. The minimum Gasteiger partial charge on any atom is -0.493 e. The van der Waals surface area contributed by atoms with Gasteiger partial charge in [-0.1, -0.05) is 37.3 Å². The van der Waals surface area contributed by atoms with Crippen molar-refractivity contribution in [3.8, 4) is 11.5 Å². The highest BCUT2D eigenvalue weighted by Crippen LogP contribution is 2.28. The number of benzene rings is 2. The smallest absolute Gasteiger partial charge is 0.251 e. The lowest BCUT2D eigenvalue weighted by atomic mass is 10.0. The molecule has 1 atom stereocenters. The standard InChI is InChI=1S/C18H21NO3/c1-4-15(13-8-6-5-7-9-13)19-18(20)14-10-11-16(21-2)17(12-14)22-3/h5-12,15H,4H2,1-3H3,(H,19,20)/t15-/m1/s1. The molecule has 2 aromatic carbocycles. The zero-order valence-corrected chi connectivity index (χ0v) is 13.1.